The molecule has 4 rings (SSSR count). The molecule has 2 aromatic carbocycles. The van der Waals surface area contributed by atoms with Crippen molar-refractivity contribution in [2.45, 2.75) is 50.0 Å². The largest absolute Gasteiger partial charge is 0.398 e. The predicted octanol–water partition coefficient (Wildman–Crippen LogP) is 4.00. The van der Waals surface area contributed by atoms with Crippen molar-refractivity contribution >= 4 is 5.69 Å². The standard InChI is InChI=1S/C21H26N2O/c1-23-16-11-12-17(23)14-18(13-16)24-21(15-7-3-2-4-8-15)19-9-5-6-10-20(19)22/h2-10,16-18,21H,11-14,22H2,1H3/t16-,17-,21+/m0/s1. The van der Waals surface area contributed by atoms with Crippen LogP contribution in [0.3, 0.4) is 0 Å². The molecule has 0 radical (unpaired) electrons. The number of nitrogen functional groups attached to an aromatic ring is 1. The average molecular weight is 322 g/mol. The van der Waals surface area contributed by atoms with Gasteiger partial charge in [0.15, 0.2) is 0 Å². The zero-order valence-corrected chi connectivity index (χ0v) is 14.3. The summed E-state index contributed by atoms with van der Waals surface area (Å²) in [6.07, 6.45) is 5.10. The van der Waals surface area contributed by atoms with Crippen LogP contribution in [-0.2, 0) is 4.74 Å². The smallest absolute Gasteiger partial charge is 0.110 e. The number of nitrogens with two attached hydrogens (primary N) is 1. The number of fused-ring (bicyclic) bond motifs is 2. The Morgan fingerprint density at radius 2 is 1.58 bits per heavy atom. The first-order chi connectivity index (χ1) is 11.7. The SMILES string of the molecule is CN1[C@H]2CC[C@H]1CC(O[C@H](c1ccccc1)c1ccccc1N)C2. The third-order valence-corrected chi connectivity index (χ3v) is 5.76. The zero-order valence-electron chi connectivity index (χ0n) is 14.3. The van der Waals surface area contributed by atoms with E-state index < -0.39 is 0 Å². The molecule has 0 saturated carbocycles. The average Bonchev–Trinajstić information content (AvgIpc) is 2.83. The Labute approximate surface area is 144 Å². The van der Waals surface area contributed by atoms with Crippen LogP contribution in [0, 0.1) is 0 Å². The summed E-state index contributed by atoms with van der Waals surface area (Å²) >= 11 is 0. The maximum atomic E-state index is 6.67. The molecule has 2 aromatic rings. The Kier molecular flexibility index (Phi) is 4.30. The minimum atomic E-state index is -0.0831. The minimum Gasteiger partial charge on any atom is -0.398 e. The first-order valence-corrected chi connectivity index (χ1v) is 8.99. The van der Waals surface area contributed by atoms with E-state index in [4.69, 9.17) is 10.5 Å². The highest BCUT2D eigenvalue weighted by Crippen LogP contribution is 2.39. The van der Waals surface area contributed by atoms with Crippen molar-refractivity contribution in [1.82, 2.24) is 4.90 Å². The van der Waals surface area contributed by atoms with Gasteiger partial charge in [0, 0.05) is 23.3 Å². The lowest BCUT2D eigenvalue weighted by Gasteiger charge is -2.38. The predicted molar refractivity (Wildman–Crippen MR) is 97.8 cm³/mol. The molecule has 24 heavy (non-hydrogen) atoms. The van der Waals surface area contributed by atoms with Crippen LogP contribution in [0.15, 0.2) is 54.6 Å². The summed E-state index contributed by atoms with van der Waals surface area (Å²) < 4.78 is 6.67. The fraction of sp³-hybridized carbons (Fsp3) is 0.429. The summed E-state index contributed by atoms with van der Waals surface area (Å²) in [6, 6.07) is 19.9. The second kappa shape index (κ2) is 6.58. The highest BCUT2D eigenvalue weighted by molar-refractivity contribution is 5.50. The van der Waals surface area contributed by atoms with E-state index in [9.17, 15) is 0 Å². The van der Waals surface area contributed by atoms with E-state index in [1.165, 1.54) is 18.4 Å². The van der Waals surface area contributed by atoms with Crippen LogP contribution >= 0.6 is 0 Å². The van der Waals surface area contributed by atoms with Crippen LogP contribution < -0.4 is 5.73 Å². The molecule has 2 saturated heterocycles. The molecule has 2 aliphatic rings. The molecule has 2 N–H and O–H groups in total. The number of rotatable bonds is 4. The number of anilines is 1. The molecular weight excluding hydrogens is 296 g/mol. The maximum absolute atomic E-state index is 6.67. The van der Waals surface area contributed by atoms with Crippen molar-refractivity contribution in [3.05, 3.63) is 65.7 Å². The number of hydrogen-bond acceptors (Lipinski definition) is 3. The summed E-state index contributed by atoms with van der Waals surface area (Å²) in [5, 5.41) is 0. The molecule has 2 heterocycles. The summed E-state index contributed by atoms with van der Waals surface area (Å²) in [6.45, 7) is 0. The van der Waals surface area contributed by atoms with Gasteiger partial charge in [-0.05, 0) is 44.4 Å². The quantitative estimate of drug-likeness (QED) is 0.865. The van der Waals surface area contributed by atoms with Crippen LogP contribution in [0.1, 0.15) is 42.9 Å². The normalized spacial score (nSPS) is 28.0. The first-order valence-electron chi connectivity index (χ1n) is 8.99. The summed E-state index contributed by atoms with van der Waals surface area (Å²) in [5.74, 6) is 0. The topological polar surface area (TPSA) is 38.5 Å². The van der Waals surface area contributed by atoms with E-state index >= 15 is 0 Å². The molecule has 3 atom stereocenters. The molecule has 2 fully saturated rings. The molecule has 0 amide bonds. The molecule has 3 heteroatoms. The van der Waals surface area contributed by atoms with Gasteiger partial charge >= 0.3 is 0 Å². The van der Waals surface area contributed by atoms with Gasteiger partial charge in [-0.25, -0.2) is 0 Å². The first kappa shape index (κ1) is 15.7. The Morgan fingerprint density at radius 3 is 2.25 bits per heavy atom. The molecule has 0 aromatic heterocycles. The Bertz CT molecular complexity index is 673. The van der Waals surface area contributed by atoms with E-state index in [1.54, 1.807) is 0 Å². The van der Waals surface area contributed by atoms with E-state index in [2.05, 4.69) is 42.3 Å². The second-order valence-electron chi connectivity index (χ2n) is 7.20. The third-order valence-electron chi connectivity index (χ3n) is 5.76. The molecule has 3 nitrogen and oxygen atoms in total. The van der Waals surface area contributed by atoms with Gasteiger partial charge in [-0.15, -0.1) is 0 Å². The monoisotopic (exact) mass is 322 g/mol. The molecule has 2 aliphatic heterocycles. The third kappa shape index (κ3) is 2.94. The highest BCUT2D eigenvalue weighted by atomic mass is 16.5. The fourth-order valence-electron chi connectivity index (χ4n) is 4.37. The van der Waals surface area contributed by atoms with Gasteiger partial charge in [-0.2, -0.15) is 0 Å². The van der Waals surface area contributed by atoms with Crippen LogP contribution in [0.5, 0.6) is 0 Å². The minimum absolute atomic E-state index is 0.0831. The van der Waals surface area contributed by atoms with E-state index in [0.717, 1.165) is 24.1 Å². The van der Waals surface area contributed by atoms with Gasteiger partial charge in [0.2, 0.25) is 0 Å². The van der Waals surface area contributed by atoms with Gasteiger partial charge in [0.1, 0.15) is 6.10 Å². The van der Waals surface area contributed by atoms with Crippen LogP contribution in [0.4, 0.5) is 5.69 Å². The number of hydrogen-bond donors (Lipinski definition) is 1. The van der Waals surface area contributed by atoms with Gasteiger partial charge in [-0.3, -0.25) is 0 Å². The summed E-state index contributed by atoms with van der Waals surface area (Å²) in [5.41, 5.74) is 9.33. The van der Waals surface area contributed by atoms with Crippen molar-refractivity contribution in [2.75, 3.05) is 12.8 Å². The van der Waals surface area contributed by atoms with Gasteiger partial charge < -0.3 is 15.4 Å². The molecule has 0 spiro atoms. The molecule has 0 aliphatic carbocycles. The molecule has 126 valence electrons. The van der Waals surface area contributed by atoms with Gasteiger partial charge in [0.05, 0.1) is 6.10 Å². The van der Waals surface area contributed by atoms with Crippen molar-refractivity contribution in [1.29, 1.82) is 0 Å². The Hall–Kier alpha value is -1.84. The number of nitrogens with zero attached hydrogens (tertiary/aromatic N) is 1. The van der Waals surface area contributed by atoms with E-state index in [0.29, 0.717) is 18.2 Å². The van der Waals surface area contributed by atoms with Crippen molar-refractivity contribution in [3.8, 4) is 0 Å². The molecule has 0 unspecified atom stereocenters. The number of ether oxygens (including phenoxy) is 1. The van der Waals surface area contributed by atoms with Gasteiger partial charge in [-0.1, -0.05) is 48.5 Å². The van der Waals surface area contributed by atoms with Crippen molar-refractivity contribution in [2.24, 2.45) is 0 Å². The lowest BCUT2D eigenvalue weighted by Crippen LogP contribution is -2.43. The summed E-state index contributed by atoms with van der Waals surface area (Å²) in [4.78, 5) is 2.55. The maximum Gasteiger partial charge on any atom is 0.110 e. The second-order valence-corrected chi connectivity index (χ2v) is 7.20. The Morgan fingerprint density at radius 1 is 0.958 bits per heavy atom. The Balaban J connectivity index is 1.61. The van der Waals surface area contributed by atoms with Crippen LogP contribution in [-0.4, -0.2) is 30.1 Å². The van der Waals surface area contributed by atoms with Crippen LogP contribution in [0.2, 0.25) is 0 Å². The number of benzene rings is 2. The van der Waals surface area contributed by atoms with E-state index in [-0.39, 0.29) is 6.10 Å². The van der Waals surface area contributed by atoms with Gasteiger partial charge in [0.25, 0.3) is 0 Å². The van der Waals surface area contributed by atoms with Crippen molar-refractivity contribution in [3.63, 3.8) is 0 Å². The highest BCUT2D eigenvalue weighted by Gasteiger charge is 2.39. The van der Waals surface area contributed by atoms with E-state index in [1.807, 2.05) is 24.3 Å². The molecular formula is C21H26N2O. The molecule has 2 bridgehead atoms. The lowest BCUT2D eigenvalue weighted by molar-refractivity contribution is -0.0424. The lowest BCUT2D eigenvalue weighted by atomic mass is 9.97. The fourth-order valence-corrected chi connectivity index (χ4v) is 4.37. The number of piperidine rings is 1. The van der Waals surface area contributed by atoms with Crippen LogP contribution in [0.25, 0.3) is 0 Å². The van der Waals surface area contributed by atoms with Crippen molar-refractivity contribution < 1.29 is 4.74 Å². The zero-order chi connectivity index (χ0) is 16.5. The number of para-hydroxylation sites is 1. The summed E-state index contributed by atoms with van der Waals surface area (Å²) in [7, 11) is 2.27.